The summed E-state index contributed by atoms with van der Waals surface area (Å²) in [6.07, 6.45) is 2.84. The smallest absolute Gasteiger partial charge is 0.260 e. The number of hydrogen-bond acceptors (Lipinski definition) is 5. The SMILES string of the molecule is C=CCN(C(=O)c1ccc(CS(C)(=O)=O)cc1)c1nc(-c2ccccc2)cs1. The Morgan fingerprint density at radius 2 is 1.82 bits per heavy atom. The Bertz CT molecular complexity index is 1070. The highest BCUT2D eigenvalue weighted by Crippen LogP contribution is 2.28. The second-order valence-corrected chi connectivity index (χ2v) is 9.33. The molecule has 0 aliphatic rings. The van der Waals surface area contributed by atoms with Gasteiger partial charge in [-0.05, 0) is 17.7 Å². The lowest BCUT2D eigenvalue weighted by molar-refractivity contribution is 0.0989. The first-order chi connectivity index (χ1) is 13.4. The van der Waals surface area contributed by atoms with E-state index in [1.54, 1.807) is 35.2 Å². The summed E-state index contributed by atoms with van der Waals surface area (Å²) < 4.78 is 22.8. The molecule has 0 bridgehead atoms. The molecular weight excluding hydrogens is 392 g/mol. The lowest BCUT2D eigenvalue weighted by atomic mass is 10.1. The zero-order valence-corrected chi connectivity index (χ0v) is 17.0. The fourth-order valence-electron chi connectivity index (χ4n) is 2.71. The van der Waals surface area contributed by atoms with Gasteiger partial charge < -0.3 is 0 Å². The van der Waals surface area contributed by atoms with Crippen LogP contribution < -0.4 is 4.90 Å². The van der Waals surface area contributed by atoms with E-state index in [1.165, 1.54) is 17.6 Å². The minimum absolute atomic E-state index is 0.0508. The summed E-state index contributed by atoms with van der Waals surface area (Å²) in [7, 11) is -3.12. The van der Waals surface area contributed by atoms with Crippen LogP contribution in [0.15, 0.2) is 72.6 Å². The molecule has 1 heterocycles. The van der Waals surface area contributed by atoms with Gasteiger partial charge >= 0.3 is 0 Å². The van der Waals surface area contributed by atoms with Crippen molar-refractivity contribution in [3.63, 3.8) is 0 Å². The van der Waals surface area contributed by atoms with Crippen LogP contribution in [0.3, 0.4) is 0 Å². The van der Waals surface area contributed by atoms with Crippen LogP contribution in [0.25, 0.3) is 11.3 Å². The van der Waals surface area contributed by atoms with Gasteiger partial charge in [-0.15, -0.1) is 17.9 Å². The molecule has 0 N–H and O–H groups in total. The van der Waals surface area contributed by atoms with E-state index in [-0.39, 0.29) is 11.7 Å². The van der Waals surface area contributed by atoms with Gasteiger partial charge in [0.2, 0.25) is 0 Å². The molecule has 0 unspecified atom stereocenters. The van der Waals surface area contributed by atoms with Gasteiger partial charge in [0.15, 0.2) is 15.0 Å². The molecule has 1 amide bonds. The average Bonchev–Trinajstić information content (AvgIpc) is 3.15. The maximum atomic E-state index is 13.0. The van der Waals surface area contributed by atoms with E-state index in [0.717, 1.165) is 11.3 Å². The number of thiazole rings is 1. The second-order valence-electron chi connectivity index (χ2n) is 6.35. The Morgan fingerprint density at radius 3 is 2.43 bits per heavy atom. The Labute approximate surface area is 168 Å². The van der Waals surface area contributed by atoms with Crippen LogP contribution in [0.5, 0.6) is 0 Å². The molecule has 7 heteroatoms. The lowest BCUT2D eigenvalue weighted by Gasteiger charge is -2.18. The van der Waals surface area contributed by atoms with E-state index in [9.17, 15) is 13.2 Å². The van der Waals surface area contributed by atoms with Crippen LogP contribution >= 0.6 is 11.3 Å². The van der Waals surface area contributed by atoms with Gasteiger partial charge in [-0.25, -0.2) is 13.4 Å². The van der Waals surface area contributed by atoms with Crippen molar-refractivity contribution in [2.24, 2.45) is 0 Å². The summed E-state index contributed by atoms with van der Waals surface area (Å²) in [6, 6.07) is 16.4. The average molecular weight is 413 g/mol. The van der Waals surface area contributed by atoms with E-state index in [2.05, 4.69) is 11.6 Å². The topological polar surface area (TPSA) is 67.3 Å². The molecule has 3 rings (SSSR count). The van der Waals surface area contributed by atoms with Crippen LogP contribution in [-0.2, 0) is 15.6 Å². The van der Waals surface area contributed by atoms with E-state index >= 15 is 0 Å². The van der Waals surface area contributed by atoms with Crippen molar-refractivity contribution in [3.8, 4) is 11.3 Å². The van der Waals surface area contributed by atoms with E-state index in [0.29, 0.717) is 22.8 Å². The number of sulfone groups is 1. The van der Waals surface area contributed by atoms with Gasteiger partial charge in [-0.2, -0.15) is 0 Å². The molecule has 144 valence electrons. The third-order valence-electron chi connectivity index (χ3n) is 3.98. The normalized spacial score (nSPS) is 11.2. The van der Waals surface area contributed by atoms with Crippen molar-refractivity contribution in [2.75, 3.05) is 17.7 Å². The van der Waals surface area contributed by atoms with Gasteiger partial charge in [-0.1, -0.05) is 48.5 Å². The summed E-state index contributed by atoms with van der Waals surface area (Å²) in [4.78, 5) is 19.2. The standard InChI is InChI=1S/C21H20N2O3S2/c1-3-13-23(21-22-19(14-27-21)17-7-5-4-6-8-17)20(24)18-11-9-16(10-12-18)15-28(2,25)26/h3-12,14H,1,13,15H2,2H3. The predicted molar refractivity (Wildman–Crippen MR) is 114 cm³/mol. The number of rotatable bonds is 7. The molecule has 28 heavy (non-hydrogen) atoms. The Balaban J connectivity index is 1.85. The molecule has 0 atom stereocenters. The minimum atomic E-state index is -3.12. The highest BCUT2D eigenvalue weighted by Gasteiger charge is 2.20. The van der Waals surface area contributed by atoms with Gasteiger partial charge in [-0.3, -0.25) is 9.69 Å². The number of carbonyl (C=O) groups is 1. The second kappa shape index (κ2) is 8.50. The number of nitrogens with zero attached hydrogens (tertiary/aromatic N) is 2. The predicted octanol–water partition coefficient (Wildman–Crippen LogP) is 4.19. The largest absolute Gasteiger partial charge is 0.280 e. The number of hydrogen-bond donors (Lipinski definition) is 0. The van der Waals surface area contributed by atoms with Crippen molar-refractivity contribution in [1.29, 1.82) is 0 Å². The number of amides is 1. The fraction of sp³-hybridized carbons (Fsp3) is 0.143. The van der Waals surface area contributed by atoms with Gasteiger partial charge in [0, 0.05) is 29.3 Å². The van der Waals surface area contributed by atoms with Crippen molar-refractivity contribution in [1.82, 2.24) is 4.98 Å². The molecule has 2 aromatic carbocycles. The monoisotopic (exact) mass is 412 g/mol. The third kappa shape index (κ3) is 4.94. The molecule has 0 radical (unpaired) electrons. The van der Waals surface area contributed by atoms with Crippen LogP contribution in [0, 0.1) is 0 Å². The third-order valence-corrected chi connectivity index (χ3v) is 5.70. The first-order valence-corrected chi connectivity index (χ1v) is 11.5. The quantitative estimate of drug-likeness (QED) is 0.546. The molecule has 0 aliphatic carbocycles. The van der Waals surface area contributed by atoms with Crippen molar-refractivity contribution in [2.45, 2.75) is 5.75 Å². The van der Waals surface area contributed by atoms with Crippen LogP contribution in [0.4, 0.5) is 5.13 Å². The minimum Gasteiger partial charge on any atom is -0.280 e. The lowest BCUT2D eigenvalue weighted by Crippen LogP contribution is -2.31. The molecule has 0 aliphatic heterocycles. The van der Waals surface area contributed by atoms with Crippen molar-refractivity contribution >= 4 is 32.2 Å². The molecule has 3 aromatic rings. The van der Waals surface area contributed by atoms with E-state index < -0.39 is 9.84 Å². The number of carbonyl (C=O) groups excluding carboxylic acids is 1. The first-order valence-electron chi connectivity index (χ1n) is 8.58. The highest BCUT2D eigenvalue weighted by atomic mass is 32.2. The van der Waals surface area contributed by atoms with Crippen molar-refractivity contribution < 1.29 is 13.2 Å². The molecule has 1 aromatic heterocycles. The molecule has 0 saturated heterocycles. The maximum Gasteiger partial charge on any atom is 0.260 e. The zero-order valence-electron chi connectivity index (χ0n) is 15.4. The summed E-state index contributed by atoms with van der Waals surface area (Å²) >= 11 is 1.39. The zero-order chi connectivity index (χ0) is 20.1. The number of anilines is 1. The van der Waals surface area contributed by atoms with E-state index in [1.807, 2.05) is 35.7 Å². The molecule has 5 nitrogen and oxygen atoms in total. The highest BCUT2D eigenvalue weighted by molar-refractivity contribution is 7.89. The summed E-state index contributed by atoms with van der Waals surface area (Å²) in [6.45, 7) is 4.06. The summed E-state index contributed by atoms with van der Waals surface area (Å²) in [5, 5.41) is 2.51. The Morgan fingerprint density at radius 1 is 1.14 bits per heavy atom. The Kier molecular flexibility index (Phi) is 6.06. The Hall–Kier alpha value is -2.77. The number of benzene rings is 2. The fourth-order valence-corrected chi connectivity index (χ4v) is 4.35. The summed E-state index contributed by atoms with van der Waals surface area (Å²) in [5.41, 5.74) is 2.91. The first kappa shape index (κ1) is 20.0. The van der Waals surface area contributed by atoms with Crippen LogP contribution in [-0.4, -0.2) is 32.1 Å². The van der Waals surface area contributed by atoms with E-state index in [4.69, 9.17) is 0 Å². The van der Waals surface area contributed by atoms with Gasteiger partial charge in [0.05, 0.1) is 11.4 Å². The van der Waals surface area contributed by atoms with Gasteiger partial charge in [0.1, 0.15) is 0 Å². The van der Waals surface area contributed by atoms with Crippen LogP contribution in [0.1, 0.15) is 15.9 Å². The maximum absolute atomic E-state index is 13.0. The summed E-state index contributed by atoms with van der Waals surface area (Å²) in [5.74, 6) is -0.259. The molecule has 0 saturated carbocycles. The van der Waals surface area contributed by atoms with Crippen LogP contribution in [0.2, 0.25) is 0 Å². The molecule has 0 spiro atoms. The van der Waals surface area contributed by atoms with Crippen molar-refractivity contribution in [3.05, 3.63) is 83.8 Å². The molecule has 0 fully saturated rings. The molecular formula is C21H20N2O3S2. The van der Waals surface area contributed by atoms with Gasteiger partial charge in [0.25, 0.3) is 5.91 Å². The number of aromatic nitrogens is 1.